The van der Waals surface area contributed by atoms with E-state index in [0.29, 0.717) is 5.56 Å². The maximum absolute atomic E-state index is 15.5. The van der Waals surface area contributed by atoms with Crippen LogP contribution >= 0.6 is 0 Å². The molecule has 1 aliphatic rings. The molecule has 1 fully saturated rings. The molecule has 1 aliphatic heterocycles. The number of nitrogens with zero attached hydrogens (tertiary/aromatic N) is 4. The standard InChI is InChI=1S/C24H20FN5O5/c25-17-19(35-24(33)15-9-5-2-6-10-15)16(11-31)34-23(17)30-13-28-18-20(26-12-27-21(18)30)29-22(32)14-7-3-1-4-8-14/h1-10,12-13,16-17,19,23,31H,11H2,(H,26,27,29,32)/t16-,17-,19-,23-/m1/s1. The number of hydrogen-bond donors (Lipinski definition) is 2. The highest BCUT2D eigenvalue weighted by molar-refractivity contribution is 6.06. The number of aliphatic hydroxyl groups is 1. The summed E-state index contributed by atoms with van der Waals surface area (Å²) < 4.78 is 27.9. The molecule has 178 valence electrons. The fourth-order valence-corrected chi connectivity index (χ4v) is 3.87. The number of aromatic nitrogens is 4. The van der Waals surface area contributed by atoms with E-state index < -0.39 is 43.1 Å². The summed E-state index contributed by atoms with van der Waals surface area (Å²) in [5.74, 6) is -0.986. The summed E-state index contributed by atoms with van der Waals surface area (Å²) in [6.45, 7) is -0.566. The largest absolute Gasteiger partial charge is 0.453 e. The number of aliphatic hydroxyl groups excluding tert-OH is 1. The number of carbonyl (C=O) groups is 2. The Morgan fingerprint density at radius 3 is 2.40 bits per heavy atom. The van der Waals surface area contributed by atoms with Gasteiger partial charge in [-0.2, -0.15) is 0 Å². The van der Waals surface area contributed by atoms with E-state index in [1.54, 1.807) is 60.7 Å². The lowest BCUT2D eigenvalue weighted by atomic mass is 10.1. The number of fused-ring (bicyclic) bond motifs is 1. The number of halogens is 1. The van der Waals surface area contributed by atoms with Gasteiger partial charge in [-0.05, 0) is 24.3 Å². The van der Waals surface area contributed by atoms with Crippen LogP contribution in [0.15, 0.2) is 73.3 Å². The molecule has 0 radical (unpaired) electrons. The van der Waals surface area contributed by atoms with E-state index in [4.69, 9.17) is 9.47 Å². The molecular formula is C24H20FN5O5. The van der Waals surface area contributed by atoms with Crippen molar-refractivity contribution < 1.29 is 28.6 Å². The zero-order valence-corrected chi connectivity index (χ0v) is 18.2. The Hall–Kier alpha value is -4.22. The van der Waals surface area contributed by atoms with E-state index in [9.17, 15) is 14.7 Å². The zero-order valence-electron chi connectivity index (χ0n) is 18.2. The molecule has 0 spiro atoms. The Morgan fingerprint density at radius 2 is 1.71 bits per heavy atom. The van der Waals surface area contributed by atoms with Crippen LogP contribution in [0.5, 0.6) is 0 Å². The van der Waals surface area contributed by atoms with Crippen LogP contribution in [0.25, 0.3) is 11.2 Å². The average molecular weight is 477 g/mol. The first-order chi connectivity index (χ1) is 17.1. The van der Waals surface area contributed by atoms with Gasteiger partial charge in [0, 0.05) is 5.56 Å². The van der Waals surface area contributed by atoms with Gasteiger partial charge in [0.25, 0.3) is 5.91 Å². The van der Waals surface area contributed by atoms with Crippen molar-refractivity contribution in [2.45, 2.75) is 24.6 Å². The van der Waals surface area contributed by atoms with Crippen molar-refractivity contribution >= 4 is 28.9 Å². The second kappa shape index (κ2) is 9.57. The van der Waals surface area contributed by atoms with Crippen molar-refractivity contribution in [3.63, 3.8) is 0 Å². The van der Waals surface area contributed by atoms with Crippen LogP contribution < -0.4 is 5.32 Å². The fourth-order valence-electron chi connectivity index (χ4n) is 3.87. The van der Waals surface area contributed by atoms with Crippen LogP contribution in [0.2, 0.25) is 0 Å². The van der Waals surface area contributed by atoms with Crippen LogP contribution in [0.3, 0.4) is 0 Å². The van der Waals surface area contributed by atoms with Crippen molar-refractivity contribution in [1.82, 2.24) is 19.5 Å². The minimum atomic E-state index is -1.82. The van der Waals surface area contributed by atoms with E-state index in [2.05, 4.69) is 20.3 Å². The number of benzene rings is 2. The van der Waals surface area contributed by atoms with Crippen LogP contribution in [0.1, 0.15) is 26.9 Å². The topological polar surface area (TPSA) is 128 Å². The van der Waals surface area contributed by atoms with Gasteiger partial charge in [-0.15, -0.1) is 0 Å². The lowest BCUT2D eigenvalue weighted by molar-refractivity contribution is -0.0508. The number of ether oxygens (including phenoxy) is 2. The van der Waals surface area contributed by atoms with Crippen molar-refractivity contribution in [2.75, 3.05) is 11.9 Å². The normalized spacial score (nSPS) is 21.7. The molecule has 35 heavy (non-hydrogen) atoms. The predicted octanol–water partition coefficient (Wildman–Crippen LogP) is 2.53. The summed E-state index contributed by atoms with van der Waals surface area (Å²) in [5, 5.41) is 12.4. The van der Waals surface area contributed by atoms with Gasteiger partial charge in [-0.1, -0.05) is 36.4 Å². The van der Waals surface area contributed by atoms with E-state index in [-0.39, 0.29) is 22.5 Å². The third-order valence-electron chi connectivity index (χ3n) is 5.60. The van der Waals surface area contributed by atoms with Crippen LogP contribution in [0.4, 0.5) is 10.2 Å². The second-order valence-electron chi connectivity index (χ2n) is 7.79. The van der Waals surface area contributed by atoms with Crippen LogP contribution in [-0.4, -0.2) is 61.5 Å². The highest BCUT2D eigenvalue weighted by atomic mass is 19.1. The molecule has 1 saturated heterocycles. The molecule has 0 bridgehead atoms. The Kier molecular flexibility index (Phi) is 6.17. The van der Waals surface area contributed by atoms with Crippen molar-refractivity contribution in [1.29, 1.82) is 0 Å². The van der Waals surface area contributed by atoms with E-state index in [1.807, 2.05) is 0 Å². The number of rotatable bonds is 6. The maximum Gasteiger partial charge on any atom is 0.338 e. The number of hydrogen-bond acceptors (Lipinski definition) is 8. The van der Waals surface area contributed by atoms with Crippen molar-refractivity contribution in [3.05, 3.63) is 84.4 Å². The number of nitrogens with one attached hydrogen (secondary N) is 1. The first kappa shape index (κ1) is 22.6. The lowest BCUT2D eigenvalue weighted by Gasteiger charge is -2.18. The monoisotopic (exact) mass is 477 g/mol. The number of carbonyl (C=O) groups excluding carboxylic acids is 2. The molecule has 3 heterocycles. The summed E-state index contributed by atoms with van der Waals surface area (Å²) in [5.41, 5.74) is 1.09. The molecular weight excluding hydrogens is 457 g/mol. The number of alkyl halides is 1. The van der Waals surface area contributed by atoms with E-state index >= 15 is 4.39 Å². The van der Waals surface area contributed by atoms with Crippen molar-refractivity contribution in [3.8, 4) is 0 Å². The van der Waals surface area contributed by atoms with Gasteiger partial charge in [0.2, 0.25) is 0 Å². The Balaban J connectivity index is 1.39. The summed E-state index contributed by atoms with van der Waals surface area (Å²) in [6, 6.07) is 16.7. The Morgan fingerprint density at radius 1 is 1.03 bits per heavy atom. The van der Waals surface area contributed by atoms with Gasteiger partial charge in [-0.25, -0.2) is 24.1 Å². The molecule has 5 rings (SSSR count). The molecule has 0 unspecified atom stereocenters. The minimum absolute atomic E-state index is 0.141. The number of esters is 1. The number of imidazole rings is 1. The maximum atomic E-state index is 15.5. The van der Waals surface area contributed by atoms with Crippen LogP contribution in [0, 0.1) is 0 Å². The van der Waals surface area contributed by atoms with E-state index in [0.717, 1.165) is 0 Å². The summed E-state index contributed by atoms with van der Waals surface area (Å²) in [7, 11) is 0. The summed E-state index contributed by atoms with van der Waals surface area (Å²) >= 11 is 0. The van der Waals surface area contributed by atoms with Crippen LogP contribution in [-0.2, 0) is 9.47 Å². The zero-order chi connectivity index (χ0) is 24.4. The molecule has 0 aliphatic carbocycles. The highest BCUT2D eigenvalue weighted by Gasteiger charge is 2.49. The molecule has 4 aromatic rings. The molecule has 0 saturated carbocycles. The second-order valence-corrected chi connectivity index (χ2v) is 7.79. The SMILES string of the molecule is O=C(Nc1ncnc2c1ncn2[C@@H]1O[C@H](CO)[C@@H](OC(=O)c2ccccc2)[C@H]1F)c1ccccc1. The fraction of sp³-hybridized carbons (Fsp3) is 0.208. The van der Waals surface area contributed by atoms with Gasteiger partial charge in [0.05, 0.1) is 18.5 Å². The predicted molar refractivity (Wildman–Crippen MR) is 121 cm³/mol. The van der Waals surface area contributed by atoms with Gasteiger partial charge >= 0.3 is 5.97 Å². The highest BCUT2D eigenvalue weighted by Crippen LogP contribution is 2.36. The minimum Gasteiger partial charge on any atom is -0.453 e. The first-order valence-corrected chi connectivity index (χ1v) is 10.8. The van der Waals surface area contributed by atoms with Gasteiger partial charge in [-0.3, -0.25) is 9.36 Å². The summed E-state index contributed by atoms with van der Waals surface area (Å²) in [6.07, 6.45) is -3.05. The first-order valence-electron chi connectivity index (χ1n) is 10.8. The number of anilines is 1. The number of amides is 1. The molecule has 2 N–H and O–H groups in total. The molecule has 4 atom stereocenters. The van der Waals surface area contributed by atoms with Gasteiger partial charge in [0.15, 0.2) is 35.5 Å². The van der Waals surface area contributed by atoms with Gasteiger partial charge in [0.1, 0.15) is 12.4 Å². The third-order valence-corrected chi connectivity index (χ3v) is 5.60. The molecule has 10 nitrogen and oxygen atoms in total. The lowest BCUT2D eigenvalue weighted by Crippen LogP contribution is -2.35. The Bertz CT molecular complexity index is 1350. The van der Waals surface area contributed by atoms with Crippen molar-refractivity contribution in [2.24, 2.45) is 0 Å². The molecule has 2 aromatic carbocycles. The van der Waals surface area contributed by atoms with Gasteiger partial charge < -0.3 is 19.9 Å². The molecule has 11 heteroatoms. The van der Waals surface area contributed by atoms with E-state index in [1.165, 1.54) is 17.2 Å². The molecule has 1 amide bonds. The third kappa shape index (κ3) is 4.34. The average Bonchev–Trinajstić information content (AvgIpc) is 3.46. The smallest absolute Gasteiger partial charge is 0.338 e. The molecule has 2 aromatic heterocycles. The summed E-state index contributed by atoms with van der Waals surface area (Å²) in [4.78, 5) is 37.5. The quantitative estimate of drug-likeness (QED) is 0.406. The Labute approximate surface area is 198 Å².